The lowest BCUT2D eigenvalue weighted by molar-refractivity contribution is -0.139. The molecule has 2 heterocycles. The van der Waals surface area contributed by atoms with Crippen molar-refractivity contribution in [2.75, 3.05) is 24.3 Å². The van der Waals surface area contributed by atoms with E-state index in [1.54, 1.807) is 16.4 Å². The first-order valence-corrected chi connectivity index (χ1v) is 15.1. The number of rotatable bonds is 12. The molecule has 0 saturated carbocycles. The number of nitrogens with one attached hydrogen (secondary N) is 1. The number of esters is 1. The zero-order valence-corrected chi connectivity index (χ0v) is 25.6. The number of anilines is 1. The van der Waals surface area contributed by atoms with Crippen LogP contribution >= 0.6 is 39.3 Å². The van der Waals surface area contributed by atoms with Crippen molar-refractivity contribution < 1.29 is 19.0 Å². The van der Waals surface area contributed by atoms with Crippen LogP contribution in [-0.2, 0) is 16.1 Å². The van der Waals surface area contributed by atoms with Gasteiger partial charge in [-0.3, -0.25) is 0 Å². The molecule has 39 heavy (non-hydrogen) atoms. The molecule has 1 unspecified atom stereocenters. The van der Waals surface area contributed by atoms with Crippen LogP contribution < -0.4 is 14.8 Å². The van der Waals surface area contributed by atoms with E-state index in [2.05, 4.69) is 33.2 Å². The van der Waals surface area contributed by atoms with Crippen molar-refractivity contribution in [3.8, 4) is 11.5 Å². The minimum Gasteiger partial charge on any atom is -0.490 e. The van der Waals surface area contributed by atoms with E-state index in [1.807, 2.05) is 57.2 Å². The molecule has 3 aromatic rings. The van der Waals surface area contributed by atoms with E-state index in [0.717, 1.165) is 29.7 Å². The highest BCUT2D eigenvalue weighted by Crippen LogP contribution is 2.43. The quantitative estimate of drug-likeness (QED) is 0.163. The van der Waals surface area contributed by atoms with Gasteiger partial charge in [-0.2, -0.15) is 4.98 Å². The fourth-order valence-electron chi connectivity index (χ4n) is 4.12. The summed E-state index contributed by atoms with van der Waals surface area (Å²) in [5, 5.41) is 9.33. The molecule has 0 fully saturated rings. The van der Waals surface area contributed by atoms with Crippen molar-refractivity contribution in [1.82, 2.24) is 14.8 Å². The maximum Gasteiger partial charge on any atom is 0.338 e. The number of aromatic nitrogens is 3. The molecule has 208 valence electrons. The minimum atomic E-state index is -0.574. The Morgan fingerprint density at radius 1 is 1.15 bits per heavy atom. The average Bonchev–Trinajstić information content (AvgIpc) is 3.32. The van der Waals surface area contributed by atoms with Crippen LogP contribution in [0, 0.1) is 0 Å². The van der Waals surface area contributed by atoms with Crippen LogP contribution in [-0.4, -0.2) is 39.7 Å². The molecule has 0 aliphatic carbocycles. The van der Waals surface area contributed by atoms with Gasteiger partial charge in [0.15, 0.2) is 11.5 Å². The summed E-state index contributed by atoms with van der Waals surface area (Å²) in [6, 6.07) is 10.7. The van der Waals surface area contributed by atoms with Gasteiger partial charge in [-0.15, -0.1) is 5.10 Å². The van der Waals surface area contributed by atoms with E-state index in [9.17, 15) is 4.79 Å². The lowest BCUT2D eigenvalue weighted by Crippen LogP contribution is -2.30. The number of ether oxygens (including phenoxy) is 3. The van der Waals surface area contributed by atoms with Crippen LogP contribution in [0.25, 0.3) is 0 Å². The molecule has 1 aliphatic rings. The van der Waals surface area contributed by atoms with Crippen LogP contribution in [0.4, 0.5) is 5.95 Å². The maximum atomic E-state index is 13.3. The maximum absolute atomic E-state index is 13.3. The van der Waals surface area contributed by atoms with E-state index >= 15 is 0 Å². The number of allylic oxidation sites excluding steroid dienone is 1. The molecular weight excluding hydrogens is 604 g/mol. The number of hydrogen-bond acceptors (Lipinski definition) is 8. The predicted molar refractivity (Wildman–Crippen MR) is 158 cm³/mol. The fraction of sp³-hybridized carbons (Fsp3) is 0.393. The molecule has 1 atom stereocenters. The molecular formula is C28H32BrClN4O4S. The second-order valence-electron chi connectivity index (χ2n) is 8.89. The van der Waals surface area contributed by atoms with Crippen molar-refractivity contribution in [3.05, 3.63) is 68.3 Å². The molecule has 8 nitrogen and oxygen atoms in total. The summed E-state index contributed by atoms with van der Waals surface area (Å²) in [5.74, 6) is 2.19. The van der Waals surface area contributed by atoms with Gasteiger partial charge in [-0.05, 0) is 78.0 Å². The Hall–Kier alpha value is -2.69. The molecule has 0 saturated heterocycles. The molecule has 1 aliphatic heterocycles. The van der Waals surface area contributed by atoms with Crippen molar-refractivity contribution in [1.29, 1.82) is 0 Å². The molecule has 1 N–H and O–H groups in total. The first kappa shape index (κ1) is 29.3. The van der Waals surface area contributed by atoms with Crippen molar-refractivity contribution in [3.63, 3.8) is 0 Å². The Morgan fingerprint density at radius 2 is 1.92 bits per heavy atom. The largest absolute Gasteiger partial charge is 0.490 e. The van der Waals surface area contributed by atoms with Gasteiger partial charge >= 0.3 is 5.97 Å². The topological polar surface area (TPSA) is 87.5 Å². The molecule has 1 aromatic heterocycles. The van der Waals surface area contributed by atoms with Crippen molar-refractivity contribution in [2.45, 2.75) is 58.3 Å². The molecule has 0 radical (unpaired) electrons. The van der Waals surface area contributed by atoms with Crippen LogP contribution in [0.2, 0.25) is 5.02 Å². The number of carbonyl (C=O) groups excluding carboxylic acids is 1. The number of carbonyl (C=O) groups is 1. The summed E-state index contributed by atoms with van der Waals surface area (Å²) < 4.78 is 20.2. The van der Waals surface area contributed by atoms with Gasteiger partial charge < -0.3 is 19.5 Å². The number of hydrogen-bond donors (Lipinski definition) is 1. The van der Waals surface area contributed by atoms with Gasteiger partial charge in [-0.1, -0.05) is 49.3 Å². The second kappa shape index (κ2) is 13.6. The summed E-state index contributed by atoms with van der Waals surface area (Å²) in [7, 11) is 0. The third-order valence-corrected chi connectivity index (χ3v) is 7.75. The van der Waals surface area contributed by atoms with Crippen LogP contribution in [0.3, 0.4) is 0 Å². The predicted octanol–water partition coefficient (Wildman–Crippen LogP) is 7.42. The third kappa shape index (κ3) is 6.91. The minimum absolute atomic E-state index is 0.329. The molecule has 0 spiro atoms. The zero-order valence-electron chi connectivity index (χ0n) is 22.4. The summed E-state index contributed by atoms with van der Waals surface area (Å²) in [6.45, 7) is 8.95. The zero-order chi connectivity index (χ0) is 27.9. The van der Waals surface area contributed by atoms with Gasteiger partial charge in [0, 0.05) is 16.5 Å². The molecule has 0 bridgehead atoms. The van der Waals surface area contributed by atoms with E-state index in [4.69, 9.17) is 30.9 Å². The Labute approximate surface area is 246 Å². The number of fused-ring (bicyclic) bond motifs is 1. The monoisotopic (exact) mass is 634 g/mol. The molecule has 0 amide bonds. The van der Waals surface area contributed by atoms with Gasteiger partial charge in [0.05, 0.1) is 23.3 Å². The van der Waals surface area contributed by atoms with Crippen LogP contribution in [0.1, 0.15) is 57.7 Å². The smallest absolute Gasteiger partial charge is 0.338 e. The Morgan fingerprint density at radius 3 is 2.62 bits per heavy atom. The summed E-state index contributed by atoms with van der Waals surface area (Å²) in [4.78, 5) is 18.0. The van der Waals surface area contributed by atoms with E-state index in [1.165, 1.54) is 0 Å². The highest BCUT2D eigenvalue weighted by atomic mass is 79.9. The Bertz CT molecular complexity index is 1350. The number of nitrogens with zero attached hydrogens (tertiary/aromatic N) is 3. The lowest BCUT2D eigenvalue weighted by atomic mass is 9.95. The van der Waals surface area contributed by atoms with Gasteiger partial charge in [-0.25, -0.2) is 9.48 Å². The summed E-state index contributed by atoms with van der Waals surface area (Å²) in [6.07, 6.45) is 1.72. The first-order chi connectivity index (χ1) is 18.9. The van der Waals surface area contributed by atoms with E-state index < -0.39 is 12.0 Å². The molecule has 11 heteroatoms. The first-order valence-electron chi connectivity index (χ1n) is 12.9. The van der Waals surface area contributed by atoms with E-state index in [-0.39, 0.29) is 0 Å². The standard InChI is InChI=1S/C28H32BrClN4O4S/c1-5-12-37-26(35)23-17(4)31-27-32-28(39-13-6-2)33-34(27)24(23)19-14-21(29)25(22(15-19)36-7-3)38-16-18-8-10-20(30)11-9-18/h8-11,14-15,24H,5-7,12-13,16H2,1-4H3,(H,31,32,33). The summed E-state index contributed by atoms with van der Waals surface area (Å²) in [5.41, 5.74) is 2.90. The lowest BCUT2D eigenvalue weighted by Gasteiger charge is -2.29. The van der Waals surface area contributed by atoms with Crippen LogP contribution in [0.15, 0.2) is 57.3 Å². The second-order valence-corrected chi connectivity index (χ2v) is 11.2. The van der Waals surface area contributed by atoms with Crippen LogP contribution in [0.5, 0.6) is 11.5 Å². The summed E-state index contributed by atoms with van der Waals surface area (Å²) >= 11 is 11.3. The SMILES string of the molecule is CCCOC(=O)C1=C(C)Nc2nc(SCCC)nn2C1c1cc(Br)c(OCc2ccc(Cl)cc2)c(OCC)c1. The van der Waals surface area contributed by atoms with Crippen molar-refractivity contribution >= 4 is 51.2 Å². The highest BCUT2D eigenvalue weighted by molar-refractivity contribution is 9.10. The number of benzene rings is 2. The molecule has 2 aromatic carbocycles. The molecule has 4 rings (SSSR count). The number of halogens is 2. The van der Waals surface area contributed by atoms with E-state index in [0.29, 0.717) is 63.2 Å². The van der Waals surface area contributed by atoms with Crippen molar-refractivity contribution in [2.24, 2.45) is 0 Å². The third-order valence-electron chi connectivity index (χ3n) is 5.87. The average molecular weight is 636 g/mol. The Balaban J connectivity index is 1.76. The van der Waals surface area contributed by atoms with Gasteiger partial charge in [0.2, 0.25) is 11.1 Å². The normalized spacial score (nSPS) is 14.6. The van der Waals surface area contributed by atoms with Gasteiger partial charge in [0.25, 0.3) is 0 Å². The highest BCUT2D eigenvalue weighted by Gasteiger charge is 2.36. The van der Waals surface area contributed by atoms with Gasteiger partial charge in [0.1, 0.15) is 12.6 Å². The fourth-order valence-corrected chi connectivity index (χ4v) is 5.50. The Kier molecular flexibility index (Phi) is 10.2. The number of thioether (sulfide) groups is 1.